The maximum Gasteiger partial charge on any atom is 0.311 e. The highest BCUT2D eigenvalue weighted by Gasteiger charge is 2.13. The number of hydrogen-bond donors (Lipinski definition) is 0. The van der Waals surface area contributed by atoms with Crippen molar-refractivity contribution in [2.24, 2.45) is 7.05 Å². The second-order valence-corrected chi connectivity index (χ2v) is 5.83. The minimum absolute atomic E-state index is 0.0220. The first-order valence-electron chi connectivity index (χ1n) is 8.43. The van der Waals surface area contributed by atoms with Crippen molar-refractivity contribution in [3.05, 3.63) is 70.6 Å². The zero-order valence-corrected chi connectivity index (χ0v) is 14.6. The summed E-state index contributed by atoms with van der Waals surface area (Å²) in [5.74, 6) is 0.417. The molecule has 0 N–H and O–H groups in total. The van der Waals surface area contributed by atoms with E-state index in [4.69, 9.17) is 9.47 Å². The number of para-hydroxylation sites is 1. The monoisotopic (exact) mass is 352 g/mol. The van der Waals surface area contributed by atoms with E-state index in [0.29, 0.717) is 29.5 Å². The van der Waals surface area contributed by atoms with Gasteiger partial charge in [-0.2, -0.15) is 5.10 Å². The summed E-state index contributed by atoms with van der Waals surface area (Å²) in [7, 11) is 1.57. The highest BCUT2D eigenvalue weighted by molar-refractivity contribution is 5.86. The molecule has 1 heterocycles. The number of nitrogens with zero attached hydrogens (tertiary/aromatic N) is 2. The fourth-order valence-corrected chi connectivity index (χ4v) is 2.65. The molecule has 0 spiro atoms. The second kappa shape index (κ2) is 8.29. The molecule has 0 radical (unpaired) electrons. The van der Waals surface area contributed by atoms with E-state index in [9.17, 15) is 9.59 Å². The number of aryl methyl sites for hydroxylation is 1. The Kier molecular flexibility index (Phi) is 5.63. The molecular formula is C20H20N2O4. The van der Waals surface area contributed by atoms with Crippen molar-refractivity contribution in [3.8, 4) is 5.75 Å². The fraction of sp³-hybridized carbons (Fsp3) is 0.250. The number of ether oxygens (including phenoxy) is 2. The van der Waals surface area contributed by atoms with E-state index in [1.165, 1.54) is 4.68 Å². The molecule has 0 fully saturated rings. The standard InChI is InChI=1S/C20H20N2O4/c1-22-20(24)17-11-6-5-10-16(17)18(21-22)14-19(23)26-13-7-12-25-15-8-3-2-4-9-15/h2-6,8-11H,7,12-14H2,1H3. The molecule has 6 nitrogen and oxygen atoms in total. The quantitative estimate of drug-likeness (QED) is 0.483. The molecule has 0 aliphatic carbocycles. The number of benzene rings is 2. The van der Waals surface area contributed by atoms with Crippen molar-refractivity contribution in [1.29, 1.82) is 0 Å². The lowest BCUT2D eigenvalue weighted by molar-refractivity contribution is -0.143. The van der Waals surface area contributed by atoms with E-state index in [-0.39, 0.29) is 24.6 Å². The van der Waals surface area contributed by atoms with Crippen LogP contribution in [-0.2, 0) is 23.0 Å². The maximum absolute atomic E-state index is 12.1. The summed E-state index contributed by atoms with van der Waals surface area (Å²) in [6, 6.07) is 16.6. The summed E-state index contributed by atoms with van der Waals surface area (Å²) in [6.07, 6.45) is 0.621. The average Bonchev–Trinajstić information content (AvgIpc) is 2.66. The summed E-state index contributed by atoms with van der Waals surface area (Å²) in [6.45, 7) is 0.744. The summed E-state index contributed by atoms with van der Waals surface area (Å²) in [4.78, 5) is 24.2. The zero-order valence-electron chi connectivity index (χ0n) is 14.6. The lowest BCUT2D eigenvalue weighted by atomic mass is 10.1. The first-order valence-corrected chi connectivity index (χ1v) is 8.43. The average molecular weight is 352 g/mol. The van der Waals surface area contributed by atoms with Crippen LogP contribution in [0.2, 0.25) is 0 Å². The van der Waals surface area contributed by atoms with Crippen LogP contribution < -0.4 is 10.3 Å². The molecule has 134 valence electrons. The Bertz CT molecular complexity index is 951. The number of carbonyl (C=O) groups excluding carboxylic acids is 1. The van der Waals surface area contributed by atoms with Crippen LogP contribution in [0.1, 0.15) is 12.1 Å². The van der Waals surface area contributed by atoms with Crippen molar-refractivity contribution in [3.63, 3.8) is 0 Å². The lowest BCUT2D eigenvalue weighted by Gasteiger charge is -2.09. The van der Waals surface area contributed by atoms with Crippen LogP contribution in [0, 0.1) is 0 Å². The van der Waals surface area contributed by atoms with Gasteiger partial charge in [0.1, 0.15) is 5.75 Å². The van der Waals surface area contributed by atoms with Crippen molar-refractivity contribution in [2.75, 3.05) is 13.2 Å². The largest absolute Gasteiger partial charge is 0.493 e. The molecule has 0 unspecified atom stereocenters. The van der Waals surface area contributed by atoms with Gasteiger partial charge in [0.25, 0.3) is 5.56 Å². The SMILES string of the molecule is Cn1nc(CC(=O)OCCCOc2ccccc2)c2ccccc2c1=O. The van der Waals surface area contributed by atoms with E-state index < -0.39 is 0 Å². The van der Waals surface area contributed by atoms with Gasteiger partial charge in [0, 0.05) is 18.9 Å². The van der Waals surface area contributed by atoms with Gasteiger partial charge in [-0.25, -0.2) is 4.68 Å². The van der Waals surface area contributed by atoms with Crippen molar-refractivity contribution in [1.82, 2.24) is 9.78 Å². The van der Waals surface area contributed by atoms with Crippen LogP contribution in [0.15, 0.2) is 59.4 Å². The third-order valence-corrected chi connectivity index (χ3v) is 3.91. The predicted molar refractivity (Wildman–Crippen MR) is 98.2 cm³/mol. The molecule has 6 heteroatoms. The predicted octanol–water partition coefficient (Wildman–Crippen LogP) is 2.49. The first-order chi connectivity index (χ1) is 12.6. The van der Waals surface area contributed by atoms with Crippen LogP contribution in [0.3, 0.4) is 0 Å². The van der Waals surface area contributed by atoms with Gasteiger partial charge in [-0.05, 0) is 18.2 Å². The summed E-state index contributed by atoms with van der Waals surface area (Å²) >= 11 is 0. The molecule has 26 heavy (non-hydrogen) atoms. The van der Waals surface area contributed by atoms with Crippen molar-refractivity contribution < 1.29 is 14.3 Å². The Morgan fingerprint density at radius 2 is 1.69 bits per heavy atom. The van der Waals surface area contributed by atoms with Gasteiger partial charge in [-0.1, -0.05) is 36.4 Å². The van der Waals surface area contributed by atoms with Gasteiger partial charge in [0.15, 0.2) is 0 Å². The van der Waals surface area contributed by atoms with Crippen LogP contribution >= 0.6 is 0 Å². The van der Waals surface area contributed by atoms with Gasteiger partial charge in [0.05, 0.1) is 30.7 Å². The Labute approximate surface area is 151 Å². The first kappa shape index (κ1) is 17.7. The van der Waals surface area contributed by atoms with Crippen LogP contribution in [-0.4, -0.2) is 29.0 Å². The lowest BCUT2D eigenvalue weighted by Crippen LogP contribution is -2.23. The third kappa shape index (κ3) is 4.27. The molecule has 1 aromatic heterocycles. The van der Waals surface area contributed by atoms with E-state index >= 15 is 0 Å². The van der Waals surface area contributed by atoms with Crippen LogP contribution in [0.4, 0.5) is 0 Å². The number of rotatable bonds is 7. The summed E-state index contributed by atoms with van der Waals surface area (Å²) < 4.78 is 12.1. The zero-order chi connectivity index (χ0) is 18.4. The number of esters is 1. The normalized spacial score (nSPS) is 10.7. The summed E-state index contributed by atoms with van der Waals surface area (Å²) in [5, 5.41) is 5.43. The molecule has 0 amide bonds. The van der Waals surface area contributed by atoms with Crippen molar-refractivity contribution in [2.45, 2.75) is 12.8 Å². The fourth-order valence-electron chi connectivity index (χ4n) is 2.65. The van der Waals surface area contributed by atoms with Gasteiger partial charge < -0.3 is 9.47 Å². The number of aromatic nitrogens is 2. The van der Waals surface area contributed by atoms with Gasteiger partial charge in [0.2, 0.25) is 0 Å². The van der Waals surface area contributed by atoms with Gasteiger partial charge in [-0.15, -0.1) is 0 Å². The summed E-state index contributed by atoms with van der Waals surface area (Å²) in [5.41, 5.74) is 0.351. The molecule has 0 saturated carbocycles. The minimum atomic E-state index is -0.374. The molecule has 0 saturated heterocycles. The smallest absolute Gasteiger partial charge is 0.311 e. The van der Waals surface area contributed by atoms with E-state index in [1.54, 1.807) is 25.2 Å². The maximum atomic E-state index is 12.1. The highest BCUT2D eigenvalue weighted by Crippen LogP contribution is 2.14. The highest BCUT2D eigenvalue weighted by atomic mass is 16.5. The Morgan fingerprint density at radius 1 is 1.00 bits per heavy atom. The molecule has 0 atom stereocenters. The molecule has 0 aliphatic heterocycles. The van der Waals surface area contributed by atoms with Gasteiger partial charge >= 0.3 is 5.97 Å². The molecule has 3 rings (SSSR count). The number of fused-ring (bicyclic) bond motifs is 1. The minimum Gasteiger partial charge on any atom is -0.493 e. The van der Waals surface area contributed by atoms with E-state index in [1.807, 2.05) is 36.4 Å². The topological polar surface area (TPSA) is 70.4 Å². The molecule has 3 aromatic rings. The second-order valence-electron chi connectivity index (χ2n) is 5.83. The van der Waals surface area contributed by atoms with Crippen LogP contribution in [0.25, 0.3) is 10.8 Å². The molecular weight excluding hydrogens is 332 g/mol. The Morgan fingerprint density at radius 3 is 2.46 bits per heavy atom. The Balaban J connectivity index is 1.53. The van der Waals surface area contributed by atoms with Gasteiger partial charge in [-0.3, -0.25) is 9.59 Å². The van der Waals surface area contributed by atoms with Crippen LogP contribution in [0.5, 0.6) is 5.75 Å². The number of carbonyl (C=O) groups is 1. The Hall–Kier alpha value is -3.15. The van der Waals surface area contributed by atoms with E-state index in [0.717, 1.165) is 5.75 Å². The van der Waals surface area contributed by atoms with Crippen molar-refractivity contribution >= 4 is 16.7 Å². The molecule has 0 bridgehead atoms. The molecule has 0 aliphatic rings. The van der Waals surface area contributed by atoms with E-state index in [2.05, 4.69) is 5.10 Å². The third-order valence-electron chi connectivity index (χ3n) is 3.91. The molecule has 2 aromatic carbocycles. The number of hydrogen-bond acceptors (Lipinski definition) is 5.